The molecule has 0 saturated carbocycles. The van der Waals surface area contributed by atoms with Crippen molar-refractivity contribution in [3.63, 3.8) is 0 Å². The fourth-order valence-electron chi connectivity index (χ4n) is 3.10. The molecule has 6 nitrogen and oxygen atoms in total. The number of aryl methyl sites for hydroxylation is 1. The van der Waals surface area contributed by atoms with Crippen molar-refractivity contribution in [3.8, 4) is 11.5 Å². The fraction of sp³-hybridized carbons (Fsp3) is 0.304. The summed E-state index contributed by atoms with van der Waals surface area (Å²) >= 11 is 4.48. The second kappa shape index (κ2) is 10.8. The number of rotatable bonds is 9. The Morgan fingerprint density at radius 3 is 2.65 bits per heavy atom. The highest BCUT2D eigenvalue weighted by atomic mass is 79.9. The van der Waals surface area contributed by atoms with Gasteiger partial charge in [-0.05, 0) is 54.4 Å². The number of methoxy groups -OCH3 is 2. The van der Waals surface area contributed by atoms with E-state index in [9.17, 15) is 9.59 Å². The minimum absolute atomic E-state index is 0.270. The van der Waals surface area contributed by atoms with Crippen LogP contribution in [0.4, 0.5) is 4.79 Å². The van der Waals surface area contributed by atoms with E-state index < -0.39 is 0 Å². The van der Waals surface area contributed by atoms with Crippen LogP contribution in [0.15, 0.2) is 45.8 Å². The number of ether oxygens (including phenoxy) is 3. The largest absolute Gasteiger partial charge is 0.493 e. The minimum Gasteiger partial charge on any atom is -0.493 e. The molecule has 3 rings (SSSR count). The number of hydrogen-bond donors (Lipinski definition) is 0. The molecule has 1 fully saturated rings. The second-order valence-electron chi connectivity index (χ2n) is 6.98. The van der Waals surface area contributed by atoms with E-state index in [2.05, 4.69) is 22.0 Å². The summed E-state index contributed by atoms with van der Waals surface area (Å²) in [6, 6.07) is 11.7. The van der Waals surface area contributed by atoms with Crippen molar-refractivity contribution in [1.82, 2.24) is 4.90 Å². The van der Waals surface area contributed by atoms with E-state index in [1.54, 1.807) is 26.4 Å². The van der Waals surface area contributed by atoms with Crippen molar-refractivity contribution in [2.45, 2.75) is 20.0 Å². The number of hydrogen-bond acceptors (Lipinski definition) is 6. The second-order valence-corrected chi connectivity index (χ2v) is 8.83. The van der Waals surface area contributed by atoms with E-state index in [1.807, 2.05) is 31.2 Å². The minimum atomic E-state index is -0.295. The fourth-order valence-corrected chi connectivity index (χ4v) is 4.39. The molecule has 8 heteroatoms. The average Bonchev–Trinajstić information content (AvgIpc) is 3.01. The molecule has 0 spiro atoms. The van der Waals surface area contributed by atoms with Gasteiger partial charge in [-0.1, -0.05) is 45.8 Å². The molecular formula is C23H24BrNO5S. The summed E-state index contributed by atoms with van der Waals surface area (Å²) in [6.45, 7) is 3.28. The van der Waals surface area contributed by atoms with Gasteiger partial charge >= 0.3 is 0 Å². The van der Waals surface area contributed by atoms with E-state index >= 15 is 0 Å². The first-order valence-electron chi connectivity index (χ1n) is 9.73. The van der Waals surface area contributed by atoms with Gasteiger partial charge in [-0.15, -0.1) is 0 Å². The molecule has 31 heavy (non-hydrogen) atoms. The number of halogens is 1. The first-order chi connectivity index (χ1) is 14.9. The lowest BCUT2D eigenvalue weighted by Crippen LogP contribution is -2.29. The van der Waals surface area contributed by atoms with E-state index in [4.69, 9.17) is 14.2 Å². The predicted molar refractivity (Wildman–Crippen MR) is 125 cm³/mol. The zero-order valence-corrected chi connectivity index (χ0v) is 20.0. The molecule has 0 radical (unpaired) electrons. The maximum atomic E-state index is 12.6. The van der Waals surface area contributed by atoms with E-state index in [-0.39, 0.29) is 11.1 Å². The number of carbonyl (C=O) groups is 2. The van der Waals surface area contributed by atoms with Crippen molar-refractivity contribution in [1.29, 1.82) is 0 Å². The van der Waals surface area contributed by atoms with Crippen LogP contribution in [0.5, 0.6) is 11.5 Å². The van der Waals surface area contributed by atoms with E-state index in [0.29, 0.717) is 42.6 Å². The molecule has 0 atom stereocenters. The van der Waals surface area contributed by atoms with Crippen LogP contribution in [0.3, 0.4) is 0 Å². The summed E-state index contributed by atoms with van der Waals surface area (Å²) in [7, 11) is 3.16. The van der Waals surface area contributed by atoms with E-state index in [1.165, 1.54) is 10.5 Å². The lowest BCUT2D eigenvalue weighted by Gasteiger charge is -2.13. The number of benzene rings is 2. The highest BCUT2D eigenvalue weighted by Crippen LogP contribution is 2.38. The van der Waals surface area contributed by atoms with Gasteiger partial charge in [-0.25, -0.2) is 0 Å². The topological polar surface area (TPSA) is 65.1 Å². The number of amides is 2. The van der Waals surface area contributed by atoms with Crippen LogP contribution in [0.2, 0.25) is 0 Å². The Bertz CT molecular complexity index is 1010. The Kier molecular flexibility index (Phi) is 8.17. The van der Waals surface area contributed by atoms with Gasteiger partial charge in [0, 0.05) is 24.7 Å². The van der Waals surface area contributed by atoms with Crippen LogP contribution in [-0.4, -0.2) is 43.4 Å². The molecule has 2 amide bonds. The lowest BCUT2D eigenvalue weighted by atomic mass is 10.1. The van der Waals surface area contributed by atoms with Crippen LogP contribution in [0.25, 0.3) is 6.08 Å². The van der Waals surface area contributed by atoms with Crippen LogP contribution in [0, 0.1) is 6.92 Å². The summed E-state index contributed by atoms with van der Waals surface area (Å²) in [6.07, 6.45) is 2.30. The molecule has 0 bridgehead atoms. The average molecular weight is 506 g/mol. The maximum Gasteiger partial charge on any atom is 0.293 e. The zero-order valence-electron chi connectivity index (χ0n) is 17.6. The van der Waals surface area contributed by atoms with Gasteiger partial charge in [0.05, 0.1) is 12.0 Å². The molecular weight excluding hydrogens is 482 g/mol. The number of thioether (sulfide) groups is 1. The lowest BCUT2D eigenvalue weighted by molar-refractivity contribution is -0.122. The van der Waals surface area contributed by atoms with Gasteiger partial charge in [0.2, 0.25) is 0 Å². The van der Waals surface area contributed by atoms with E-state index in [0.717, 1.165) is 27.4 Å². The third-order valence-electron chi connectivity index (χ3n) is 4.65. The monoisotopic (exact) mass is 505 g/mol. The Labute approximate surface area is 194 Å². The van der Waals surface area contributed by atoms with Gasteiger partial charge in [0.1, 0.15) is 6.61 Å². The van der Waals surface area contributed by atoms with Gasteiger partial charge in [-0.2, -0.15) is 0 Å². The highest BCUT2D eigenvalue weighted by Gasteiger charge is 2.34. The molecule has 2 aromatic carbocycles. The van der Waals surface area contributed by atoms with Crippen LogP contribution < -0.4 is 9.47 Å². The summed E-state index contributed by atoms with van der Waals surface area (Å²) in [5.74, 6) is 0.832. The SMILES string of the molecule is COCCCN1C(=O)S/C(=C/c2cc(OC)c(OCc3cccc(C)c3)cc2Br)C1=O. The molecule has 0 aliphatic carbocycles. The van der Waals surface area contributed by atoms with Crippen molar-refractivity contribution >= 4 is 44.9 Å². The molecule has 1 saturated heterocycles. The number of imide groups is 1. The molecule has 0 aromatic heterocycles. The predicted octanol–water partition coefficient (Wildman–Crippen LogP) is 5.42. The third-order valence-corrected chi connectivity index (χ3v) is 6.24. The van der Waals surface area contributed by atoms with Crippen molar-refractivity contribution in [3.05, 3.63) is 62.5 Å². The Morgan fingerprint density at radius 1 is 1.13 bits per heavy atom. The van der Waals surface area contributed by atoms with Gasteiger partial charge < -0.3 is 14.2 Å². The third kappa shape index (κ3) is 5.90. The van der Waals surface area contributed by atoms with Crippen molar-refractivity contribution < 1.29 is 23.8 Å². The van der Waals surface area contributed by atoms with Crippen molar-refractivity contribution in [2.75, 3.05) is 27.4 Å². The highest BCUT2D eigenvalue weighted by molar-refractivity contribution is 9.10. The smallest absolute Gasteiger partial charge is 0.293 e. The Hall–Kier alpha value is -2.29. The van der Waals surface area contributed by atoms with Crippen LogP contribution in [0.1, 0.15) is 23.1 Å². The van der Waals surface area contributed by atoms with Crippen LogP contribution >= 0.6 is 27.7 Å². The quantitative estimate of drug-likeness (QED) is 0.335. The molecule has 164 valence electrons. The van der Waals surface area contributed by atoms with Crippen molar-refractivity contribution in [2.24, 2.45) is 0 Å². The Balaban J connectivity index is 1.78. The molecule has 0 N–H and O–H groups in total. The Morgan fingerprint density at radius 2 is 1.94 bits per heavy atom. The molecule has 2 aromatic rings. The van der Waals surface area contributed by atoms with Crippen LogP contribution in [-0.2, 0) is 16.1 Å². The summed E-state index contributed by atoms with van der Waals surface area (Å²) < 4.78 is 17.2. The first-order valence-corrected chi connectivity index (χ1v) is 11.3. The molecule has 0 unspecified atom stereocenters. The summed E-state index contributed by atoms with van der Waals surface area (Å²) in [5.41, 5.74) is 2.95. The summed E-state index contributed by atoms with van der Waals surface area (Å²) in [4.78, 5) is 26.5. The summed E-state index contributed by atoms with van der Waals surface area (Å²) in [5, 5.41) is -0.270. The van der Waals surface area contributed by atoms with Gasteiger partial charge in [0.15, 0.2) is 11.5 Å². The number of nitrogens with zero attached hydrogens (tertiary/aromatic N) is 1. The maximum absolute atomic E-state index is 12.6. The van der Waals surface area contributed by atoms with Gasteiger partial charge in [-0.3, -0.25) is 14.5 Å². The standard InChI is InChI=1S/C23H24BrNO5S/c1-15-6-4-7-16(10-15)14-30-20-13-18(24)17(11-19(20)29-3)12-21-22(26)25(23(27)31-21)8-5-9-28-2/h4,6-7,10-13H,5,8-9,14H2,1-3H3/b21-12+. The normalized spacial score (nSPS) is 15.1. The van der Waals surface area contributed by atoms with Gasteiger partial charge in [0.25, 0.3) is 11.1 Å². The number of carbonyl (C=O) groups excluding carboxylic acids is 2. The first kappa shape index (κ1) is 23.4. The molecule has 1 heterocycles. The zero-order chi connectivity index (χ0) is 22.4. The molecule has 1 aliphatic rings. The molecule has 1 aliphatic heterocycles.